The van der Waals surface area contributed by atoms with Gasteiger partial charge in [0.15, 0.2) is 0 Å². The van der Waals surface area contributed by atoms with Gasteiger partial charge in [-0.3, -0.25) is 4.98 Å². The molecule has 0 atom stereocenters. The molecule has 2 aromatic carbocycles. The van der Waals surface area contributed by atoms with Crippen molar-refractivity contribution in [1.82, 2.24) is 4.98 Å². The second kappa shape index (κ2) is 5.22. The maximum atomic E-state index is 13.4. The molecule has 106 valence electrons. The Morgan fingerprint density at radius 3 is 2.71 bits per heavy atom. The van der Waals surface area contributed by atoms with Gasteiger partial charge in [0.2, 0.25) is 0 Å². The number of halogens is 2. The van der Waals surface area contributed by atoms with Crippen LogP contribution in [0.5, 0.6) is 0 Å². The third-order valence-electron chi connectivity index (χ3n) is 3.21. The van der Waals surface area contributed by atoms with Crippen LogP contribution in [-0.4, -0.2) is 4.98 Å². The average Bonchev–Trinajstić information content (AvgIpc) is 2.41. The van der Waals surface area contributed by atoms with E-state index in [1.54, 1.807) is 18.3 Å². The first-order valence-corrected chi connectivity index (χ1v) is 6.79. The van der Waals surface area contributed by atoms with Crippen LogP contribution in [0.15, 0.2) is 42.6 Å². The highest BCUT2D eigenvalue weighted by Gasteiger charge is 2.07. The van der Waals surface area contributed by atoms with Crippen molar-refractivity contribution < 1.29 is 4.39 Å². The molecule has 3 N–H and O–H groups in total. The van der Waals surface area contributed by atoms with Gasteiger partial charge in [-0.25, -0.2) is 4.39 Å². The Bertz CT molecular complexity index is 813. The molecule has 0 aliphatic rings. The molecule has 0 bridgehead atoms. The lowest BCUT2D eigenvalue weighted by atomic mass is 10.1. The Morgan fingerprint density at radius 2 is 1.95 bits per heavy atom. The first-order valence-electron chi connectivity index (χ1n) is 6.41. The smallest absolute Gasteiger partial charge is 0.126 e. The van der Waals surface area contributed by atoms with Gasteiger partial charge >= 0.3 is 0 Å². The predicted molar refractivity (Wildman–Crippen MR) is 85.6 cm³/mol. The van der Waals surface area contributed by atoms with E-state index < -0.39 is 0 Å². The van der Waals surface area contributed by atoms with Crippen LogP contribution in [-0.2, 0) is 0 Å². The maximum Gasteiger partial charge on any atom is 0.126 e. The summed E-state index contributed by atoms with van der Waals surface area (Å²) >= 11 is 5.88. The highest BCUT2D eigenvalue weighted by atomic mass is 35.5. The van der Waals surface area contributed by atoms with Crippen LogP contribution < -0.4 is 11.1 Å². The molecule has 0 fully saturated rings. The summed E-state index contributed by atoms with van der Waals surface area (Å²) in [5, 5.41) is 5.31. The molecule has 0 saturated carbocycles. The predicted octanol–water partition coefficient (Wildman–Crippen LogP) is 4.66. The molecule has 5 heteroatoms. The van der Waals surface area contributed by atoms with Gasteiger partial charge in [-0.2, -0.15) is 0 Å². The SMILES string of the molecule is Cc1cc2c(Nc3cc(F)cc(Cl)c3)ccc(N)c2cn1. The van der Waals surface area contributed by atoms with Gasteiger partial charge < -0.3 is 11.1 Å². The molecule has 1 aromatic heterocycles. The van der Waals surface area contributed by atoms with Crippen molar-refractivity contribution in [2.75, 3.05) is 11.1 Å². The van der Waals surface area contributed by atoms with E-state index in [4.69, 9.17) is 17.3 Å². The lowest BCUT2D eigenvalue weighted by molar-refractivity contribution is 0.628. The quantitative estimate of drug-likeness (QED) is 0.677. The molecule has 3 rings (SSSR count). The first kappa shape index (κ1) is 13.6. The minimum Gasteiger partial charge on any atom is -0.398 e. The topological polar surface area (TPSA) is 50.9 Å². The molecule has 0 saturated heterocycles. The number of fused-ring (bicyclic) bond motifs is 1. The number of anilines is 3. The fraction of sp³-hybridized carbons (Fsp3) is 0.0625. The van der Waals surface area contributed by atoms with Gasteiger partial charge in [0.05, 0.1) is 0 Å². The van der Waals surface area contributed by atoms with Gasteiger partial charge in [-0.05, 0) is 43.3 Å². The lowest BCUT2D eigenvalue weighted by Crippen LogP contribution is -1.96. The van der Waals surface area contributed by atoms with Crippen LogP contribution in [0.2, 0.25) is 5.02 Å². The fourth-order valence-electron chi connectivity index (χ4n) is 2.26. The summed E-state index contributed by atoms with van der Waals surface area (Å²) in [7, 11) is 0. The number of nitrogens with zero attached hydrogens (tertiary/aromatic N) is 1. The fourth-order valence-corrected chi connectivity index (χ4v) is 2.48. The van der Waals surface area contributed by atoms with E-state index in [1.807, 2.05) is 19.1 Å². The Labute approximate surface area is 126 Å². The number of hydrogen-bond acceptors (Lipinski definition) is 3. The number of nitrogen functional groups attached to an aromatic ring is 1. The molecule has 0 aliphatic carbocycles. The number of benzene rings is 2. The summed E-state index contributed by atoms with van der Waals surface area (Å²) in [6, 6.07) is 9.91. The van der Waals surface area contributed by atoms with Gasteiger partial charge in [0, 0.05) is 44.7 Å². The van der Waals surface area contributed by atoms with Crippen LogP contribution in [0.3, 0.4) is 0 Å². The van der Waals surface area contributed by atoms with E-state index >= 15 is 0 Å². The van der Waals surface area contributed by atoms with Crippen LogP contribution >= 0.6 is 11.6 Å². The molecule has 3 aromatic rings. The lowest BCUT2D eigenvalue weighted by Gasteiger charge is -2.12. The van der Waals surface area contributed by atoms with E-state index in [2.05, 4.69) is 10.3 Å². The molecule has 0 aliphatic heterocycles. The summed E-state index contributed by atoms with van der Waals surface area (Å²) in [6.07, 6.45) is 1.74. The van der Waals surface area contributed by atoms with E-state index in [1.165, 1.54) is 12.1 Å². The van der Waals surface area contributed by atoms with E-state index in [-0.39, 0.29) is 5.82 Å². The second-order valence-electron chi connectivity index (χ2n) is 4.86. The summed E-state index contributed by atoms with van der Waals surface area (Å²) in [4.78, 5) is 4.26. The minimum absolute atomic E-state index is 0.343. The third kappa shape index (κ3) is 2.76. The number of aryl methyl sites for hydroxylation is 1. The monoisotopic (exact) mass is 301 g/mol. The van der Waals surface area contributed by atoms with Crippen molar-refractivity contribution in [3.8, 4) is 0 Å². The minimum atomic E-state index is -0.386. The number of nitrogens with two attached hydrogens (primary N) is 1. The number of rotatable bonds is 2. The zero-order chi connectivity index (χ0) is 15.0. The Kier molecular flexibility index (Phi) is 3.39. The average molecular weight is 302 g/mol. The zero-order valence-electron chi connectivity index (χ0n) is 11.3. The number of pyridine rings is 1. The standard InChI is InChI=1S/C16H13ClFN3/c1-9-4-13-14(8-20-9)15(19)2-3-16(13)21-12-6-10(17)5-11(18)7-12/h2-8,21H,19H2,1H3. The number of nitrogens with one attached hydrogen (secondary N) is 1. The van der Waals surface area contributed by atoms with Crippen molar-refractivity contribution in [3.63, 3.8) is 0 Å². The highest BCUT2D eigenvalue weighted by Crippen LogP contribution is 2.31. The molecule has 21 heavy (non-hydrogen) atoms. The van der Waals surface area contributed by atoms with Crippen molar-refractivity contribution in [1.29, 1.82) is 0 Å². The van der Waals surface area contributed by atoms with Crippen LogP contribution in [0.1, 0.15) is 5.69 Å². The highest BCUT2D eigenvalue weighted by molar-refractivity contribution is 6.30. The van der Waals surface area contributed by atoms with E-state index in [0.29, 0.717) is 16.4 Å². The summed E-state index contributed by atoms with van der Waals surface area (Å²) in [6.45, 7) is 1.91. The molecule has 3 nitrogen and oxygen atoms in total. The largest absolute Gasteiger partial charge is 0.398 e. The van der Waals surface area contributed by atoms with Crippen molar-refractivity contribution in [2.24, 2.45) is 0 Å². The normalized spacial score (nSPS) is 10.8. The molecule has 0 radical (unpaired) electrons. The third-order valence-corrected chi connectivity index (χ3v) is 3.43. The van der Waals surface area contributed by atoms with Gasteiger partial charge in [-0.1, -0.05) is 11.6 Å². The molecule has 0 spiro atoms. The van der Waals surface area contributed by atoms with Crippen LogP contribution in [0, 0.1) is 12.7 Å². The molecular weight excluding hydrogens is 289 g/mol. The second-order valence-corrected chi connectivity index (χ2v) is 5.29. The zero-order valence-corrected chi connectivity index (χ0v) is 12.1. The van der Waals surface area contributed by atoms with Crippen molar-refractivity contribution in [2.45, 2.75) is 6.92 Å². The van der Waals surface area contributed by atoms with Gasteiger partial charge in [0.25, 0.3) is 0 Å². The Hall–Kier alpha value is -2.33. The maximum absolute atomic E-state index is 13.4. The Balaban J connectivity index is 2.12. The molecule has 1 heterocycles. The summed E-state index contributed by atoms with van der Waals surface area (Å²) in [5.74, 6) is -0.386. The molecular formula is C16H13ClFN3. The van der Waals surface area contributed by atoms with E-state index in [9.17, 15) is 4.39 Å². The van der Waals surface area contributed by atoms with E-state index in [0.717, 1.165) is 22.2 Å². The molecule has 0 amide bonds. The number of aromatic nitrogens is 1. The summed E-state index contributed by atoms with van der Waals surface area (Å²) < 4.78 is 13.4. The van der Waals surface area contributed by atoms with Gasteiger partial charge in [-0.15, -0.1) is 0 Å². The number of hydrogen-bond donors (Lipinski definition) is 2. The first-order chi connectivity index (χ1) is 10.0. The van der Waals surface area contributed by atoms with Crippen LogP contribution in [0.4, 0.5) is 21.5 Å². The van der Waals surface area contributed by atoms with Crippen molar-refractivity contribution >= 4 is 39.4 Å². The van der Waals surface area contributed by atoms with Crippen molar-refractivity contribution in [3.05, 3.63) is 59.1 Å². The molecule has 0 unspecified atom stereocenters. The van der Waals surface area contributed by atoms with Gasteiger partial charge in [0.1, 0.15) is 5.82 Å². The van der Waals surface area contributed by atoms with Crippen LogP contribution in [0.25, 0.3) is 10.8 Å². The summed E-state index contributed by atoms with van der Waals surface area (Å²) in [5.41, 5.74) is 8.91. The Morgan fingerprint density at radius 1 is 1.14 bits per heavy atom.